The summed E-state index contributed by atoms with van der Waals surface area (Å²) in [5, 5.41) is 0. The molecule has 1 aliphatic rings. The first-order valence-electron chi connectivity index (χ1n) is 14.1. The molecule has 0 N–H and O–H groups in total. The summed E-state index contributed by atoms with van der Waals surface area (Å²) >= 11 is 0. The second-order valence-electron chi connectivity index (χ2n) is 9.47. The van der Waals surface area contributed by atoms with Gasteiger partial charge in [-0.1, -0.05) is 129 Å². The van der Waals surface area contributed by atoms with E-state index in [0.717, 1.165) is 25.7 Å². The van der Waals surface area contributed by atoms with Gasteiger partial charge in [-0.05, 0) is 25.0 Å². The first-order valence-corrected chi connectivity index (χ1v) is 14.1. The Morgan fingerprint density at radius 2 is 0.886 bits per heavy atom. The fourth-order valence-corrected chi connectivity index (χ4v) is 4.15. The number of rotatable bonds is 16. The molecule has 0 heterocycles. The number of carbonyl (C=O) groups excluding carboxylic acids is 2. The van der Waals surface area contributed by atoms with E-state index in [1.807, 2.05) is 0 Å². The molecule has 5 heteroatoms. The molecule has 0 saturated heterocycles. The Balaban J connectivity index is 0.00000143. The molecule has 0 aromatic heterocycles. The van der Waals surface area contributed by atoms with Gasteiger partial charge in [0, 0.05) is 0 Å². The molecule has 2 rings (SSSR count). The molecular weight excluding hydrogens is 464 g/mol. The molecule has 0 amide bonds. The molecule has 4 nitrogen and oxygen atoms in total. The van der Waals surface area contributed by atoms with E-state index in [-0.39, 0.29) is 37.7 Å². The summed E-state index contributed by atoms with van der Waals surface area (Å²) in [5.74, 6) is -0.888. The van der Waals surface area contributed by atoms with E-state index >= 15 is 0 Å². The van der Waals surface area contributed by atoms with Crippen LogP contribution in [0.1, 0.15) is 150 Å². The molecule has 0 bridgehead atoms. The molecular formula is C30H52CaO4. The van der Waals surface area contributed by atoms with Gasteiger partial charge in [-0.2, -0.15) is 0 Å². The predicted molar refractivity (Wildman–Crippen MR) is 150 cm³/mol. The molecule has 1 aromatic carbocycles. The zero-order valence-electron chi connectivity index (χ0n) is 22.1. The van der Waals surface area contributed by atoms with Gasteiger partial charge in [0.05, 0.1) is 24.3 Å². The van der Waals surface area contributed by atoms with Crippen LogP contribution < -0.4 is 0 Å². The normalized spacial score (nSPS) is 12.6. The Labute approximate surface area is 245 Å². The summed E-state index contributed by atoms with van der Waals surface area (Å²) < 4.78 is 10.7. The molecule has 0 unspecified atom stereocenters. The summed E-state index contributed by atoms with van der Waals surface area (Å²) in [6, 6.07) is 6.74. The van der Waals surface area contributed by atoms with Crippen LogP contribution >= 0.6 is 0 Å². The first kappa shape index (κ1) is 34.4. The van der Waals surface area contributed by atoms with Gasteiger partial charge in [0.15, 0.2) is 0 Å². The maximum absolute atomic E-state index is 12.4. The van der Waals surface area contributed by atoms with Crippen LogP contribution in [0, 0.1) is 0 Å². The van der Waals surface area contributed by atoms with Gasteiger partial charge in [0.2, 0.25) is 0 Å². The van der Waals surface area contributed by atoms with Crippen LogP contribution in [0.15, 0.2) is 24.3 Å². The van der Waals surface area contributed by atoms with Gasteiger partial charge >= 0.3 is 49.7 Å². The van der Waals surface area contributed by atoms with Crippen molar-refractivity contribution >= 4 is 49.7 Å². The van der Waals surface area contributed by atoms with Gasteiger partial charge < -0.3 is 9.47 Å². The Hall–Kier alpha value is -0.580. The van der Waals surface area contributed by atoms with Crippen LogP contribution in [-0.4, -0.2) is 62.9 Å². The van der Waals surface area contributed by atoms with Crippen molar-refractivity contribution in [2.45, 2.75) is 129 Å². The topological polar surface area (TPSA) is 52.6 Å². The molecule has 0 atom stereocenters. The second kappa shape index (κ2) is 25.1. The van der Waals surface area contributed by atoms with Crippen molar-refractivity contribution in [3.05, 3.63) is 35.4 Å². The Morgan fingerprint density at radius 1 is 0.571 bits per heavy atom. The second-order valence-corrected chi connectivity index (χ2v) is 9.47. The number of benzene rings is 1. The molecule has 1 aromatic rings. The van der Waals surface area contributed by atoms with Gasteiger partial charge in [0.25, 0.3) is 0 Å². The maximum atomic E-state index is 12.4. The molecule has 0 spiro atoms. The first-order chi connectivity index (χ1) is 16.7. The van der Waals surface area contributed by atoms with E-state index in [0.29, 0.717) is 24.3 Å². The van der Waals surface area contributed by atoms with Crippen LogP contribution in [0.2, 0.25) is 0 Å². The molecule has 0 radical (unpaired) electrons. The summed E-state index contributed by atoms with van der Waals surface area (Å²) in [6.07, 6.45) is 22.6. The van der Waals surface area contributed by atoms with Crippen molar-refractivity contribution in [3.8, 4) is 0 Å². The van der Waals surface area contributed by atoms with E-state index in [1.54, 1.807) is 24.3 Å². The standard InChI is InChI=1S/C24H38O4.C6H12.Ca.2H/c1-3-5-7-9-11-15-19-27-23(25)21-17-13-14-18-22(21)24(26)28-20-16-12-10-8-6-4-2;1-2-4-6-5-3-1;;;/h13-14,17-18H,3-12,15-16,19-20H2,1-2H3;1-6H2;;;. The fraction of sp³-hybridized carbons (Fsp3) is 0.733. The quantitative estimate of drug-likeness (QED) is 0.126. The SMILES string of the molecule is C1CCCCC1.CCCCCCCCOC(=O)c1ccccc1C(=O)OCCCCCCCC.[CaH2]. The summed E-state index contributed by atoms with van der Waals surface area (Å²) in [5.41, 5.74) is 0.586. The Kier molecular flexibility index (Phi) is 24.7. The third kappa shape index (κ3) is 18.3. The third-order valence-electron chi connectivity index (χ3n) is 6.33. The van der Waals surface area contributed by atoms with Gasteiger partial charge in [-0.15, -0.1) is 0 Å². The number of hydrogen-bond acceptors (Lipinski definition) is 4. The van der Waals surface area contributed by atoms with Crippen LogP contribution in [0.3, 0.4) is 0 Å². The minimum atomic E-state index is -0.444. The van der Waals surface area contributed by atoms with E-state index in [4.69, 9.17) is 9.47 Å². The number of carbonyl (C=O) groups is 2. The average Bonchev–Trinajstić information content (AvgIpc) is 2.88. The third-order valence-corrected chi connectivity index (χ3v) is 6.33. The molecule has 1 saturated carbocycles. The van der Waals surface area contributed by atoms with Gasteiger partial charge in [0.1, 0.15) is 0 Å². The summed E-state index contributed by atoms with van der Waals surface area (Å²) in [6.45, 7) is 5.17. The van der Waals surface area contributed by atoms with Crippen molar-refractivity contribution < 1.29 is 19.1 Å². The monoisotopic (exact) mass is 516 g/mol. The van der Waals surface area contributed by atoms with E-state index in [1.165, 1.54) is 89.9 Å². The number of hydrogen-bond donors (Lipinski definition) is 0. The molecule has 198 valence electrons. The average molecular weight is 517 g/mol. The Morgan fingerprint density at radius 3 is 1.23 bits per heavy atom. The van der Waals surface area contributed by atoms with Crippen molar-refractivity contribution in [1.82, 2.24) is 0 Å². The van der Waals surface area contributed by atoms with Crippen LogP contribution in [0.25, 0.3) is 0 Å². The van der Waals surface area contributed by atoms with Crippen molar-refractivity contribution in [3.63, 3.8) is 0 Å². The number of unbranched alkanes of at least 4 members (excludes halogenated alkanes) is 10. The zero-order chi connectivity index (χ0) is 24.7. The summed E-state index contributed by atoms with van der Waals surface area (Å²) in [4.78, 5) is 24.7. The Bertz CT molecular complexity index is 582. The minimum absolute atomic E-state index is 0. The zero-order valence-corrected chi connectivity index (χ0v) is 22.1. The van der Waals surface area contributed by atoms with Crippen LogP contribution in [-0.2, 0) is 9.47 Å². The molecule has 35 heavy (non-hydrogen) atoms. The molecule has 1 fully saturated rings. The van der Waals surface area contributed by atoms with Crippen molar-refractivity contribution in [2.75, 3.05) is 13.2 Å². The van der Waals surface area contributed by atoms with E-state index in [9.17, 15) is 9.59 Å². The molecule has 1 aliphatic carbocycles. The number of ether oxygens (including phenoxy) is 2. The van der Waals surface area contributed by atoms with Crippen molar-refractivity contribution in [2.24, 2.45) is 0 Å². The van der Waals surface area contributed by atoms with E-state index in [2.05, 4.69) is 13.8 Å². The van der Waals surface area contributed by atoms with E-state index < -0.39 is 11.9 Å². The number of esters is 2. The summed E-state index contributed by atoms with van der Waals surface area (Å²) in [7, 11) is 0. The van der Waals surface area contributed by atoms with Crippen LogP contribution in [0.5, 0.6) is 0 Å². The molecule has 0 aliphatic heterocycles. The van der Waals surface area contributed by atoms with Gasteiger partial charge in [-0.3, -0.25) is 0 Å². The fourth-order valence-electron chi connectivity index (χ4n) is 4.15. The van der Waals surface area contributed by atoms with Gasteiger partial charge in [-0.25, -0.2) is 9.59 Å². The van der Waals surface area contributed by atoms with Crippen molar-refractivity contribution in [1.29, 1.82) is 0 Å². The van der Waals surface area contributed by atoms with Crippen LogP contribution in [0.4, 0.5) is 0 Å². The predicted octanol–water partition coefficient (Wildman–Crippen LogP) is 8.15.